The third-order valence-electron chi connectivity index (χ3n) is 5.59. The molecule has 11 heteroatoms. The first-order chi connectivity index (χ1) is 15.0. The van der Waals surface area contributed by atoms with Gasteiger partial charge in [-0.15, -0.1) is 0 Å². The Kier molecular flexibility index (Phi) is 6.99. The van der Waals surface area contributed by atoms with Crippen LogP contribution in [-0.4, -0.2) is 53.6 Å². The Hall–Kier alpha value is -2.79. The molecule has 0 bridgehead atoms. The SMILES string of the molecule is Cc1nn(C)c(C)c1NC(=O)C(C)OC(=O)C1CCCN(S(=O)(=O)c2ccc(F)cc2)C1. The highest BCUT2D eigenvalue weighted by Crippen LogP contribution is 2.25. The number of benzene rings is 1. The first kappa shape index (κ1) is 23.9. The minimum atomic E-state index is -3.87. The summed E-state index contributed by atoms with van der Waals surface area (Å²) < 4.78 is 47.0. The summed E-state index contributed by atoms with van der Waals surface area (Å²) in [6.07, 6.45) is -0.149. The standard InChI is InChI=1S/C21H27FN4O5S/c1-13-19(14(2)25(4)24-13)23-20(27)15(3)31-21(28)16-6-5-11-26(12-16)32(29,30)18-9-7-17(22)8-10-18/h7-10,15-16H,5-6,11-12H2,1-4H3,(H,23,27). The van der Waals surface area contributed by atoms with Crippen molar-refractivity contribution < 1.29 is 27.1 Å². The van der Waals surface area contributed by atoms with E-state index in [0.717, 1.165) is 17.8 Å². The van der Waals surface area contributed by atoms with Crippen LogP contribution in [0.3, 0.4) is 0 Å². The van der Waals surface area contributed by atoms with Crippen molar-refractivity contribution in [3.05, 3.63) is 41.5 Å². The molecular weight excluding hydrogens is 439 g/mol. The minimum absolute atomic E-state index is 0.0390. The molecule has 1 amide bonds. The maximum atomic E-state index is 13.1. The molecule has 2 heterocycles. The second-order valence-electron chi connectivity index (χ2n) is 7.89. The van der Waals surface area contributed by atoms with Gasteiger partial charge in [-0.05, 0) is 57.9 Å². The number of anilines is 1. The summed E-state index contributed by atoms with van der Waals surface area (Å²) in [6, 6.07) is 4.55. The molecule has 1 fully saturated rings. The van der Waals surface area contributed by atoms with Gasteiger partial charge in [0.2, 0.25) is 10.0 Å². The van der Waals surface area contributed by atoms with E-state index in [9.17, 15) is 22.4 Å². The maximum Gasteiger partial charge on any atom is 0.311 e. The van der Waals surface area contributed by atoms with E-state index in [1.807, 2.05) is 6.92 Å². The summed E-state index contributed by atoms with van der Waals surface area (Å²) in [4.78, 5) is 25.1. The van der Waals surface area contributed by atoms with Gasteiger partial charge in [-0.2, -0.15) is 9.40 Å². The second-order valence-corrected chi connectivity index (χ2v) is 9.83. The molecule has 1 aliphatic rings. The molecule has 2 unspecified atom stereocenters. The predicted molar refractivity (Wildman–Crippen MR) is 115 cm³/mol. The second kappa shape index (κ2) is 9.37. The normalized spacial score (nSPS) is 18.2. The van der Waals surface area contributed by atoms with Gasteiger partial charge >= 0.3 is 5.97 Å². The fraction of sp³-hybridized carbons (Fsp3) is 0.476. The molecule has 9 nitrogen and oxygen atoms in total. The van der Waals surface area contributed by atoms with Gasteiger partial charge in [0, 0.05) is 20.1 Å². The molecule has 32 heavy (non-hydrogen) atoms. The number of sulfonamides is 1. The van der Waals surface area contributed by atoms with E-state index in [0.29, 0.717) is 24.2 Å². The highest BCUT2D eigenvalue weighted by Gasteiger charge is 2.35. The number of piperidine rings is 1. The lowest BCUT2D eigenvalue weighted by Gasteiger charge is -2.31. The lowest BCUT2D eigenvalue weighted by molar-refractivity contribution is -0.158. The number of aromatic nitrogens is 2. The number of carbonyl (C=O) groups excluding carboxylic acids is 2. The zero-order valence-electron chi connectivity index (χ0n) is 18.5. The zero-order valence-corrected chi connectivity index (χ0v) is 19.3. The summed E-state index contributed by atoms with van der Waals surface area (Å²) >= 11 is 0. The smallest absolute Gasteiger partial charge is 0.311 e. The molecule has 3 rings (SSSR count). The van der Waals surface area contributed by atoms with Crippen LogP contribution in [0.1, 0.15) is 31.2 Å². The summed E-state index contributed by atoms with van der Waals surface area (Å²) in [5.41, 5.74) is 1.98. The molecule has 1 aliphatic heterocycles. The van der Waals surface area contributed by atoms with E-state index >= 15 is 0 Å². The molecule has 2 atom stereocenters. The number of amides is 1. The average molecular weight is 467 g/mol. The highest BCUT2D eigenvalue weighted by atomic mass is 32.2. The Labute approximate surface area is 186 Å². The van der Waals surface area contributed by atoms with Crippen molar-refractivity contribution in [2.45, 2.75) is 44.6 Å². The van der Waals surface area contributed by atoms with Gasteiger partial charge in [0.25, 0.3) is 5.91 Å². The van der Waals surface area contributed by atoms with E-state index in [1.54, 1.807) is 18.7 Å². The minimum Gasteiger partial charge on any atom is -0.452 e. The maximum absolute atomic E-state index is 13.1. The van der Waals surface area contributed by atoms with Gasteiger partial charge in [0.15, 0.2) is 6.10 Å². The van der Waals surface area contributed by atoms with Crippen LogP contribution in [0.25, 0.3) is 0 Å². The van der Waals surface area contributed by atoms with Crippen molar-refractivity contribution in [1.82, 2.24) is 14.1 Å². The van der Waals surface area contributed by atoms with E-state index in [1.165, 1.54) is 23.4 Å². The average Bonchev–Trinajstić information content (AvgIpc) is 3.00. The Bertz CT molecular complexity index is 1110. The Morgan fingerprint density at radius 2 is 1.91 bits per heavy atom. The van der Waals surface area contributed by atoms with Gasteiger partial charge in [-0.1, -0.05) is 0 Å². The molecule has 2 aromatic rings. The first-order valence-electron chi connectivity index (χ1n) is 10.3. The van der Waals surface area contributed by atoms with E-state index < -0.39 is 39.7 Å². The number of hydrogen-bond acceptors (Lipinski definition) is 6. The van der Waals surface area contributed by atoms with Crippen LogP contribution in [0.15, 0.2) is 29.2 Å². The van der Waals surface area contributed by atoms with Crippen molar-refractivity contribution >= 4 is 27.6 Å². The largest absolute Gasteiger partial charge is 0.452 e. The van der Waals surface area contributed by atoms with Crippen LogP contribution in [0.2, 0.25) is 0 Å². The number of nitrogens with zero attached hydrogens (tertiary/aromatic N) is 3. The topological polar surface area (TPSA) is 111 Å². The molecule has 1 N–H and O–H groups in total. The van der Waals surface area contributed by atoms with Crippen LogP contribution in [0.5, 0.6) is 0 Å². The predicted octanol–water partition coefficient (Wildman–Crippen LogP) is 2.15. The van der Waals surface area contributed by atoms with Gasteiger partial charge in [-0.25, -0.2) is 12.8 Å². The highest BCUT2D eigenvalue weighted by molar-refractivity contribution is 7.89. The fourth-order valence-corrected chi connectivity index (χ4v) is 5.14. The first-order valence-corrected chi connectivity index (χ1v) is 11.7. The number of ether oxygens (including phenoxy) is 1. The molecule has 1 saturated heterocycles. The molecule has 0 aliphatic carbocycles. The van der Waals surface area contributed by atoms with Crippen LogP contribution in [-0.2, 0) is 31.4 Å². The lowest BCUT2D eigenvalue weighted by atomic mass is 10.00. The number of hydrogen-bond donors (Lipinski definition) is 1. The van der Waals surface area contributed by atoms with Crippen LogP contribution in [0.4, 0.5) is 10.1 Å². The monoisotopic (exact) mass is 466 g/mol. The third kappa shape index (κ3) is 4.99. The van der Waals surface area contributed by atoms with Gasteiger partial charge < -0.3 is 10.1 Å². The van der Waals surface area contributed by atoms with Gasteiger partial charge in [0.1, 0.15) is 5.82 Å². The number of rotatable bonds is 6. The number of esters is 1. The molecule has 0 spiro atoms. The Morgan fingerprint density at radius 3 is 2.50 bits per heavy atom. The van der Waals surface area contributed by atoms with E-state index in [4.69, 9.17) is 4.74 Å². The summed E-state index contributed by atoms with van der Waals surface area (Å²) in [7, 11) is -2.11. The summed E-state index contributed by atoms with van der Waals surface area (Å²) in [5.74, 6) is -2.36. The molecule has 1 aromatic heterocycles. The van der Waals surface area contributed by atoms with Gasteiger partial charge in [-0.3, -0.25) is 14.3 Å². The third-order valence-corrected chi connectivity index (χ3v) is 7.47. The number of aryl methyl sites for hydroxylation is 2. The van der Waals surface area contributed by atoms with E-state index in [2.05, 4.69) is 10.4 Å². The summed E-state index contributed by atoms with van der Waals surface area (Å²) in [6.45, 7) is 5.22. The molecule has 0 saturated carbocycles. The van der Waals surface area contributed by atoms with Crippen LogP contribution < -0.4 is 5.32 Å². The van der Waals surface area contributed by atoms with Crippen LogP contribution >= 0.6 is 0 Å². The van der Waals surface area contributed by atoms with Crippen molar-refractivity contribution in [2.75, 3.05) is 18.4 Å². The Balaban J connectivity index is 1.63. The summed E-state index contributed by atoms with van der Waals surface area (Å²) in [5, 5.41) is 6.96. The molecule has 174 valence electrons. The molecule has 1 aromatic carbocycles. The quantitative estimate of drug-likeness (QED) is 0.653. The molecular formula is C21H27FN4O5S. The van der Waals surface area contributed by atoms with Gasteiger partial charge in [0.05, 0.1) is 27.9 Å². The number of nitrogens with one attached hydrogen (secondary N) is 1. The van der Waals surface area contributed by atoms with Crippen molar-refractivity contribution in [1.29, 1.82) is 0 Å². The zero-order chi connectivity index (χ0) is 23.6. The van der Waals surface area contributed by atoms with E-state index in [-0.39, 0.29) is 18.0 Å². The number of halogens is 1. The van der Waals surface area contributed by atoms with Crippen molar-refractivity contribution in [2.24, 2.45) is 13.0 Å². The molecule has 0 radical (unpaired) electrons. The van der Waals surface area contributed by atoms with Crippen molar-refractivity contribution in [3.63, 3.8) is 0 Å². The lowest BCUT2D eigenvalue weighted by Crippen LogP contribution is -2.44. The Morgan fingerprint density at radius 1 is 1.25 bits per heavy atom. The van der Waals surface area contributed by atoms with Crippen molar-refractivity contribution in [3.8, 4) is 0 Å². The van der Waals surface area contributed by atoms with Crippen LogP contribution in [0, 0.1) is 25.6 Å². The number of carbonyl (C=O) groups is 2. The fourth-order valence-electron chi connectivity index (χ4n) is 3.61.